The summed E-state index contributed by atoms with van der Waals surface area (Å²) in [7, 11) is 0. The van der Waals surface area contributed by atoms with E-state index in [0.717, 1.165) is 25.7 Å². The minimum absolute atomic E-state index is 0.00554. The zero-order valence-electron chi connectivity index (χ0n) is 20.8. The minimum Gasteiger partial charge on any atom is -0.507 e. The summed E-state index contributed by atoms with van der Waals surface area (Å²) >= 11 is 0. The molecule has 2 N–H and O–H groups in total. The third-order valence-corrected chi connectivity index (χ3v) is 10.4. The molecule has 7 atom stereocenters. The summed E-state index contributed by atoms with van der Waals surface area (Å²) in [4.78, 5) is 24.1. The quantitative estimate of drug-likeness (QED) is 0.537. The van der Waals surface area contributed by atoms with Crippen LogP contribution in [-0.2, 0) is 0 Å². The van der Waals surface area contributed by atoms with Gasteiger partial charge in [-0.15, -0.1) is 0 Å². The van der Waals surface area contributed by atoms with E-state index in [2.05, 4.69) is 41.5 Å². The van der Waals surface area contributed by atoms with Crippen LogP contribution in [0.2, 0.25) is 0 Å². The van der Waals surface area contributed by atoms with Gasteiger partial charge in [-0.2, -0.15) is 0 Å². The average molecular weight is 455 g/mol. The van der Waals surface area contributed by atoms with Crippen molar-refractivity contribution < 1.29 is 24.5 Å². The Balaban J connectivity index is 1.85. The van der Waals surface area contributed by atoms with E-state index in [1.807, 2.05) is 0 Å². The Labute approximate surface area is 196 Å². The average Bonchev–Trinajstić information content (AvgIpc) is 3.21. The van der Waals surface area contributed by atoms with Gasteiger partial charge in [0.15, 0.2) is 12.6 Å². The summed E-state index contributed by atoms with van der Waals surface area (Å²) in [6.45, 7) is 13.8. The summed E-state index contributed by atoms with van der Waals surface area (Å²) in [6.07, 6.45) is 6.03. The first kappa shape index (κ1) is 22.7. The van der Waals surface area contributed by atoms with Gasteiger partial charge in [-0.1, -0.05) is 41.5 Å². The lowest BCUT2D eigenvalue weighted by Crippen LogP contribution is -2.50. The van der Waals surface area contributed by atoms with Crippen LogP contribution in [0.3, 0.4) is 0 Å². The predicted octanol–water partition coefficient (Wildman–Crippen LogP) is 6.10. The first-order valence-electron chi connectivity index (χ1n) is 12.7. The Morgan fingerprint density at radius 3 is 2.30 bits per heavy atom. The van der Waals surface area contributed by atoms with Gasteiger partial charge in [0.05, 0.1) is 11.1 Å². The second-order valence-corrected chi connectivity index (χ2v) is 12.7. The molecule has 180 valence electrons. The summed E-state index contributed by atoms with van der Waals surface area (Å²) in [6, 6.07) is 0. The zero-order chi connectivity index (χ0) is 24.1. The molecule has 0 radical (unpaired) electrons. The Hall–Kier alpha value is -2.04. The fourth-order valence-electron chi connectivity index (χ4n) is 8.68. The van der Waals surface area contributed by atoms with E-state index in [9.17, 15) is 19.8 Å². The van der Waals surface area contributed by atoms with E-state index in [1.165, 1.54) is 6.42 Å². The van der Waals surface area contributed by atoms with Gasteiger partial charge in [0, 0.05) is 11.5 Å². The molecule has 3 saturated carbocycles. The van der Waals surface area contributed by atoms with E-state index < -0.39 is 11.4 Å². The molecular formula is C28H38O5. The number of phenolic OH excluding ortho intramolecular Hbond substituents is 2. The van der Waals surface area contributed by atoms with Crippen molar-refractivity contribution in [3.05, 3.63) is 16.7 Å². The number of aromatic hydroxyl groups is 2. The van der Waals surface area contributed by atoms with Crippen LogP contribution in [-0.4, -0.2) is 28.4 Å². The van der Waals surface area contributed by atoms with Gasteiger partial charge in [0.25, 0.3) is 0 Å². The third-order valence-electron chi connectivity index (χ3n) is 10.4. The monoisotopic (exact) mass is 454 g/mol. The van der Waals surface area contributed by atoms with Gasteiger partial charge in [-0.05, 0) is 72.5 Å². The molecule has 2 bridgehead atoms. The van der Waals surface area contributed by atoms with Gasteiger partial charge in [-0.3, -0.25) is 9.59 Å². The minimum atomic E-state index is -0.471. The standard InChI is InChI=1S/C28H38O5/c1-14(2)11-19-20-23(32)16(12-29)22(31)17(13-30)24(20)33-28-10-9-27(19,6)25(28)21-18(26(21,4)5)8-7-15(28)3/h12-15,18-19,21,25,31-32H,7-11H2,1-6H3/t15-,18+,19-,21+,25+,27+,28-/m0/s1. The molecule has 5 heteroatoms. The number of benzene rings is 1. The largest absolute Gasteiger partial charge is 0.507 e. The number of ether oxygens (including phenoxy) is 1. The highest BCUT2D eigenvalue weighted by molar-refractivity contribution is 5.95. The Bertz CT molecular complexity index is 1030. The third kappa shape index (κ3) is 2.71. The van der Waals surface area contributed by atoms with E-state index in [-0.39, 0.29) is 33.6 Å². The molecule has 0 spiro atoms. The molecule has 4 aliphatic rings. The van der Waals surface area contributed by atoms with Crippen molar-refractivity contribution in [2.75, 3.05) is 0 Å². The SMILES string of the molecule is CC(C)C[C@H]1c2c(O)c(C=O)c(O)c(C=O)c2O[C@]23CC[C@@]1(C)[C@H]2[C@H]1[C@@H](CC[C@@H]3C)C1(C)C. The van der Waals surface area contributed by atoms with Crippen molar-refractivity contribution in [1.29, 1.82) is 0 Å². The lowest BCUT2D eigenvalue weighted by atomic mass is 9.60. The van der Waals surface area contributed by atoms with E-state index >= 15 is 0 Å². The maximum absolute atomic E-state index is 12.3. The zero-order valence-corrected chi connectivity index (χ0v) is 20.8. The molecule has 1 heterocycles. The van der Waals surface area contributed by atoms with Crippen molar-refractivity contribution in [3.8, 4) is 17.2 Å². The van der Waals surface area contributed by atoms with Crippen LogP contribution in [0.4, 0.5) is 0 Å². The number of aldehydes is 2. The normalized spacial score (nSPS) is 40.0. The molecule has 0 saturated heterocycles. The highest BCUT2D eigenvalue weighted by Gasteiger charge is 2.75. The molecule has 5 rings (SSSR count). The van der Waals surface area contributed by atoms with Gasteiger partial charge in [0.1, 0.15) is 22.8 Å². The number of hydrogen-bond acceptors (Lipinski definition) is 5. The maximum atomic E-state index is 12.3. The van der Waals surface area contributed by atoms with Crippen LogP contribution in [0.1, 0.15) is 106 Å². The van der Waals surface area contributed by atoms with Crippen LogP contribution < -0.4 is 4.74 Å². The highest BCUT2D eigenvalue weighted by Crippen LogP contribution is 2.78. The van der Waals surface area contributed by atoms with Crippen molar-refractivity contribution in [1.82, 2.24) is 0 Å². The highest BCUT2D eigenvalue weighted by atomic mass is 16.5. The number of phenols is 2. The van der Waals surface area contributed by atoms with Crippen LogP contribution in [0.15, 0.2) is 0 Å². The Morgan fingerprint density at radius 2 is 1.70 bits per heavy atom. The second kappa shape index (κ2) is 6.99. The summed E-state index contributed by atoms with van der Waals surface area (Å²) in [5.41, 5.74) is 0.0233. The molecule has 0 aromatic heterocycles. The molecule has 1 aliphatic heterocycles. The van der Waals surface area contributed by atoms with Crippen LogP contribution >= 0.6 is 0 Å². The topological polar surface area (TPSA) is 83.8 Å². The van der Waals surface area contributed by atoms with E-state index in [1.54, 1.807) is 0 Å². The van der Waals surface area contributed by atoms with E-state index in [4.69, 9.17) is 4.74 Å². The van der Waals surface area contributed by atoms with Crippen LogP contribution in [0, 0.1) is 40.4 Å². The first-order chi connectivity index (χ1) is 15.5. The smallest absolute Gasteiger partial charge is 0.157 e. The summed E-state index contributed by atoms with van der Waals surface area (Å²) < 4.78 is 7.02. The predicted molar refractivity (Wildman–Crippen MR) is 126 cm³/mol. The molecule has 0 unspecified atom stereocenters. The molecule has 1 aromatic rings. The second-order valence-electron chi connectivity index (χ2n) is 12.7. The lowest BCUT2D eigenvalue weighted by Gasteiger charge is -2.45. The Morgan fingerprint density at radius 1 is 1.03 bits per heavy atom. The fourth-order valence-corrected chi connectivity index (χ4v) is 8.68. The van der Waals surface area contributed by atoms with Gasteiger partial charge >= 0.3 is 0 Å². The molecule has 3 aliphatic carbocycles. The molecule has 33 heavy (non-hydrogen) atoms. The van der Waals surface area contributed by atoms with E-state index in [0.29, 0.717) is 53.5 Å². The maximum Gasteiger partial charge on any atom is 0.157 e. The summed E-state index contributed by atoms with van der Waals surface area (Å²) in [5, 5.41) is 22.1. The molecule has 1 aromatic carbocycles. The number of carbonyl (C=O) groups is 2. The van der Waals surface area contributed by atoms with Crippen LogP contribution in [0.25, 0.3) is 0 Å². The lowest BCUT2D eigenvalue weighted by molar-refractivity contribution is -0.0535. The number of hydrogen-bond donors (Lipinski definition) is 2. The fraction of sp³-hybridized carbons (Fsp3) is 0.714. The molecule has 3 fully saturated rings. The summed E-state index contributed by atoms with van der Waals surface area (Å²) in [5.74, 6) is 1.69. The van der Waals surface area contributed by atoms with Crippen molar-refractivity contribution in [2.45, 2.75) is 85.2 Å². The number of rotatable bonds is 4. The molecular weight excluding hydrogens is 416 g/mol. The van der Waals surface area contributed by atoms with Crippen molar-refractivity contribution in [2.24, 2.45) is 40.4 Å². The molecule has 5 nitrogen and oxygen atoms in total. The van der Waals surface area contributed by atoms with Gasteiger partial charge in [-0.25, -0.2) is 0 Å². The van der Waals surface area contributed by atoms with Crippen molar-refractivity contribution in [3.63, 3.8) is 0 Å². The number of carbonyl (C=O) groups excluding carboxylic acids is 2. The van der Waals surface area contributed by atoms with Crippen molar-refractivity contribution >= 4 is 12.6 Å². The number of fused-ring (bicyclic) bond motifs is 2. The van der Waals surface area contributed by atoms with Crippen LogP contribution in [0.5, 0.6) is 17.2 Å². The van der Waals surface area contributed by atoms with Gasteiger partial charge < -0.3 is 14.9 Å². The Kier molecular flexibility index (Phi) is 4.82. The first-order valence-corrected chi connectivity index (χ1v) is 12.7. The molecule has 0 amide bonds. The van der Waals surface area contributed by atoms with Gasteiger partial charge in [0.2, 0.25) is 0 Å².